The van der Waals surface area contributed by atoms with Gasteiger partial charge in [-0.15, -0.1) is 0 Å². The molecule has 0 saturated heterocycles. The summed E-state index contributed by atoms with van der Waals surface area (Å²) in [7, 11) is -4.40. The van der Waals surface area contributed by atoms with Crippen LogP contribution in [0.3, 0.4) is 0 Å². The third-order valence-corrected chi connectivity index (χ3v) is 12.1. The fourth-order valence-corrected chi connectivity index (χ4v) is 8.77. The molecule has 2 aliphatic rings. The predicted molar refractivity (Wildman–Crippen MR) is 173 cm³/mol. The highest BCUT2D eigenvalue weighted by Crippen LogP contribution is 2.56. The minimum Gasteiger partial charge on any atom is -0.507 e. The van der Waals surface area contributed by atoms with Crippen molar-refractivity contribution < 1.29 is 18.1 Å². The average Bonchev–Trinajstić information content (AvgIpc) is 2.94. The third kappa shape index (κ3) is 5.88. The second-order valence-corrected chi connectivity index (χ2v) is 16.1. The fourth-order valence-electron chi connectivity index (χ4n) is 8.27. The SMILES string of the molecule is CC(C)C1CCC(C)(c2c(O)c(Cc3ccccc3)c3ccc(S(=O)(=O)O)cc3c2C2(C)CCC(C(C)C)CC2)CC1. The van der Waals surface area contributed by atoms with Gasteiger partial charge in [0.25, 0.3) is 10.1 Å². The van der Waals surface area contributed by atoms with Crippen molar-refractivity contribution in [1.82, 2.24) is 0 Å². The molecule has 3 aromatic carbocycles. The van der Waals surface area contributed by atoms with Gasteiger partial charge in [-0.1, -0.05) is 77.9 Å². The van der Waals surface area contributed by atoms with Crippen LogP contribution >= 0.6 is 0 Å². The molecule has 0 atom stereocenters. The molecule has 0 aromatic heterocycles. The molecule has 0 amide bonds. The van der Waals surface area contributed by atoms with Gasteiger partial charge < -0.3 is 5.11 Å². The molecular weight excluding hydrogens is 540 g/mol. The minimum atomic E-state index is -4.40. The van der Waals surface area contributed by atoms with Crippen molar-refractivity contribution in [3.8, 4) is 5.75 Å². The second-order valence-electron chi connectivity index (χ2n) is 14.7. The Morgan fingerprint density at radius 1 is 0.762 bits per heavy atom. The Kier molecular flexibility index (Phi) is 8.59. The number of phenols is 1. The molecule has 3 aromatic rings. The van der Waals surface area contributed by atoms with Gasteiger partial charge in [0.05, 0.1) is 4.90 Å². The molecule has 2 aliphatic carbocycles. The van der Waals surface area contributed by atoms with Crippen LogP contribution in [0.1, 0.15) is 115 Å². The van der Waals surface area contributed by atoms with Crippen LogP contribution in [-0.4, -0.2) is 18.1 Å². The summed E-state index contributed by atoms with van der Waals surface area (Å²) < 4.78 is 35.1. The lowest BCUT2D eigenvalue weighted by Crippen LogP contribution is -2.37. The van der Waals surface area contributed by atoms with E-state index in [4.69, 9.17) is 0 Å². The number of aromatic hydroxyl groups is 1. The van der Waals surface area contributed by atoms with E-state index in [0.29, 0.717) is 35.8 Å². The van der Waals surface area contributed by atoms with Crippen LogP contribution in [0.15, 0.2) is 53.4 Å². The molecule has 2 saturated carbocycles. The van der Waals surface area contributed by atoms with Crippen LogP contribution < -0.4 is 0 Å². The zero-order valence-electron chi connectivity index (χ0n) is 26.4. The zero-order valence-corrected chi connectivity index (χ0v) is 27.2. The quantitative estimate of drug-likeness (QED) is 0.269. The minimum absolute atomic E-state index is 0.0771. The van der Waals surface area contributed by atoms with Crippen molar-refractivity contribution >= 4 is 20.9 Å². The standard InChI is InChI=1S/C37H50O4S/c1-24(2)27-14-18-36(5,19-15-27)33-31-23-29(42(39,40)41)12-13-30(31)32(22-26-10-8-7-9-11-26)35(38)34(33)37(6)20-16-28(17-21-37)25(3)4/h7-13,23-25,27-28,38H,14-22H2,1-6H3,(H,39,40,41). The second kappa shape index (κ2) is 11.6. The van der Waals surface area contributed by atoms with Gasteiger partial charge >= 0.3 is 0 Å². The topological polar surface area (TPSA) is 74.6 Å². The molecule has 2 N–H and O–H groups in total. The maximum Gasteiger partial charge on any atom is 0.294 e. The van der Waals surface area contributed by atoms with E-state index in [-0.39, 0.29) is 15.7 Å². The van der Waals surface area contributed by atoms with Gasteiger partial charge in [0.2, 0.25) is 0 Å². The summed E-state index contributed by atoms with van der Waals surface area (Å²) in [5.41, 5.74) is 3.66. The molecule has 0 spiro atoms. The number of hydrogen-bond acceptors (Lipinski definition) is 3. The van der Waals surface area contributed by atoms with Crippen LogP contribution in [0.25, 0.3) is 10.8 Å². The van der Waals surface area contributed by atoms with Gasteiger partial charge in [0.15, 0.2) is 0 Å². The maximum atomic E-state index is 12.5. The molecule has 0 bridgehead atoms. The lowest BCUT2D eigenvalue weighted by atomic mass is 9.58. The Labute approximate surface area is 253 Å². The molecule has 5 rings (SSSR count). The molecule has 42 heavy (non-hydrogen) atoms. The molecule has 0 unspecified atom stereocenters. The summed E-state index contributed by atoms with van der Waals surface area (Å²) in [4.78, 5) is -0.0771. The molecule has 2 fully saturated rings. The summed E-state index contributed by atoms with van der Waals surface area (Å²) in [5.74, 6) is 3.00. The Morgan fingerprint density at radius 3 is 1.74 bits per heavy atom. The molecule has 0 radical (unpaired) electrons. The van der Waals surface area contributed by atoms with E-state index < -0.39 is 10.1 Å². The van der Waals surface area contributed by atoms with Crippen molar-refractivity contribution in [1.29, 1.82) is 0 Å². The first-order valence-corrected chi connectivity index (χ1v) is 17.5. The fraction of sp³-hybridized carbons (Fsp3) is 0.568. The summed E-state index contributed by atoms with van der Waals surface area (Å²) in [5, 5.41) is 14.2. The highest BCUT2D eigenvalue weighted by atomic mass is 32.2. The maximum absolute atomic E-state index is 12.5. The third-order valence-electron chi connectivity index (χ3n) is 11.2. The van der Waals surface area contributed by atoms with E-state index in [1.807, 2.05) is 24.3 Å². The van der Waals surface area contributed by atoms with E-state index in [1.54, 1.807) is 6.07 Å². The summed E-state index contributed by atoms with van der Waals surface area (Å²) >= 11 is 0. The lowest BCUT2D eigenvalue weighted by molar-refractivity contribution is 0.187. The molecule has 0 aliphatic heterocycles. The summed E-state index contributed by atoms with van der Waals surface area (Å²) in [6, 6.07) is 15.2. The normalized spacial score (nSPS) is 27.2. The Balaban J connectivity index is 1.81. The van der Waals surface area contributed by atoms with E-state index in [2.05, 4.69) is 53.7 Å². The summed E-state index contributed by atoms with van der Waals surface area (Å²) in [6.07, 6.45) is 9.01. The van der Waals surface area contributed by atoms with Gasteiger partial charge in [-0.25, -0.2) is 0 Å². The summed E-state index contributed by atoms with van der Waals surface area (Å²) in [6.45, 7) is 13.9. The van der Waals surface area contributed by atoms with Crippen molar-refractivity contribution in [3.05, 3.63) is 70.8 Å². The molecule has 4 nitrogen and oxygen atoms in total. The predicted octanol–water partition coefficient (Wildman–Crippen LogP) is 9.59. The van der Waals surface area contributed by atoms with Crippen LogP contribution in [0.4, 0.5) is 0 Å². The number of phenolic OH excluding ortho intramolecular Hbond substituents is 1. The monoisotopic (exact) mass is 590 g/mol. The number of hydrogen-bond donors (Lipinski definition) is 2. The van der Waals surface area contributed by atoms with Crippen molar-refractivity contribution in [2.75, 3.05) is 0 Å². The molecule has 5 heteroatoms. The number of fused-ring (bicyclic) bond motifs is 1. The zero-order chi connectivity index (χ0) is 30.4. The van der Waals surface area contributed by atoms with Crippen LogP contribution in [0.5, 0.6) is 5.75 Å². The average molecular weight is 591 g/mol. The Hall–Kier alpha value is -2.37. The van der Waals surface area contributed by atoms with Crippen molar-refractivity contribution in [3.63, 3.8) is 0 Å². The van der Waals surface area contributed by atoms with Crippen LogP contribution in [-0.2, 0) is 27.4 Å². The van der Waals surface area contributed by atoms with E-state index in [9.17, 15) is 18.1 Å². The molecule has 228 valence electrons. The molecular formula is C37H50O4S. The van der Waals surface area contributed by atoms with Crippen LogP contribution in [0, 0.1) is 23.7 Å². The van der Waals surface area contributed by atoms with Gasteiger partial charge in [0, 0.05) is 17.5 Å². The lowest BCUT2D eigenvalue weighted by Gasteiger charge is -2.46. The Bertz CT molecular complexity index is 1520. The smallest absolute Gasteiger partial charge is 0.294 e. The largest absolute Gasteiger partial charge is 0.507 e. The van der Waals surface area contributed by atoms with Gasteiger partial charge in [0.1, 0.15) is 5.75 Å². The first kappa shape index (κ1) is 31.1. The van der Waals surface area contributed by atoms with E-state index in [1.165, 1.54) is 6.07 Å². The van der Waals surface area contributed by atoms with Crippen molar-refractivity contribution in [2.24, 2.45) is 23.7 Å². The van der Waals surface area contributed by atoms with Gasteiger partial charge in [-0.3, -0.25) is 4.55 Å². The highest BCUT2D eigenvalue weighted by Gasteiger charge is 2.44. The van der Waals surface area contributed by atoms with Gasteiger partial charge in [-0.05, 0) is 120 Å². The Morgan fingerprint density at radius 2 is 1.26 bits per heavy atom. The first-order chi connectivity index (χ1) is 19.7. The van der Waals surface area contributed by atoms with E-state index in [0.717, 1.165) is 84.4 Å². The van der Waals surface area contributed by atoms with Crippen LogP contribution in [0.2, 0.25) is 0 Å². The number of rotatable bonds is 7. The van der Waals surface area contributed by atoms with Gasteiger partial charge in [-0.2, -0.15) is 8.42 Å². The number of benzene rings is 3. The van der Waals surface area contributed by atoms with E-state index >= 15 is 0 Å². The highest BCUT2D eigenvalue weighted by molar-refractivity contribution is 7.85. The first-order valence-electron chi connectivity index (χ1n) is 16.1. The van der Waals surface area contributed by atoms with Crippen molar-refractivity contribution in [2.45, 2.75) is 115 Å². The molecule has 0 heterocycles.